The van der Waals surface area contributed by atoms with Crippen molar-refractivity contribution in [3.63, 3.8) is 0 Å². The van der Waals surface area contributed by atoms with Crippen molar-refractivity contribution >= 4 is 11.8 Å². The minimum Gasteiger partial charge on any atom is -0.457 e. The molecule has 0 saturated carbocycles. The smallest absolute Gasteiger partial charge is 0.243 e. The van der Waals surface area contributed by atoms with Crippen LogP contribution in [0.1, 0.15) is 25.8 Å². The molecule has 2 atom stereocenters. The van der Waals surface area contributed by atoms with Gasteiger partial charge in [-0.1, -0.05) is 44.2 Å². The topological polar surface area (TPSA) is 67.4 Å². The van der Waals surface area contributed by atoms with Crippen LogP contribution in [0.25, 0.3) is 0 Å². The number of piperazine rings is 1. The zero-order valence-corrected chi connectivity index (χ0v) is 15.1. The summed E-state index contributed by atoms with van der Waals surface area (Å²) in [5, 5.41) is 5.69. The molecule has 2 aromatic rings. The lowest BCUT2D eigenvalue weighted by Gasteiger charge is -2.30. The second kappa shape index (κ2) is 8.04. The molecule has 1 fully saturated rings. The minimum atomic E-state index is -0.558. The maximum atomic E-state index is 12.4. The Hall–Kier alpha value is -2.82. The van der Waals surface area contributed by atoms with Gasteiger partial charge >= 0.3 is 0 Å². The van der Waals surface area contributed by atoms with E-state index in [9.17, 15) is 9.59 Å². The lowest BCUT2D eigenvalue weighted by atomic mass is 9.97. The van der Waals surface area contributed by atoms with Crippen LogP contribution >= 0.6 is 0 Å². The third-order valence-electron chi connectivity index (χ3n) is 4.29. The highest BCUT2D eigenvalue weighted by atomic mass is 16.5. The van der Waals surface area contributed by atoms with Gasteiger partial charge in [-0.05, 0) is 42.2 Å². The van der Waals surface area contributed by atoms with Crippen LogP contribution in [0.15, 0.2) is 54.6 Å². The number of hydrogen-bond acceptors (Lipinski definition) is 3. The van der Waals surface area contributed by atoms with Crippen molar-refractivity contribution in [2.75, 3.05) is 0 Å². The highest BCUT2D eigenvalue weighted by Gasteiger charge is 2.33. The van der Waals surface area contributed by atoms with Gasteiger partial charge in [-0.15, -0.1) is 0 Å². The molecule has 2 amide bonds. The summed E-state index contributed by atoms with van der Waals surface area (Å²) >= 11 is 0. The van der Waals surface area contributed by atoms with Crippen LogP contribution in [0.2, 0.25) is 0 Å². The van der Waals surface area contributed by atoms with Crippen LogP contribution in [0.5, 0.6) is 11.5 Å². The molecule has 1 saturated heterocycles. The predicted molar refractivity (Wildman–Crippen MR) is 100.0 cm³/mol. The molecule has 1 aliphatic rings. The molecule has 5 nitrogen and oxygen atoms in total. The quantitative estimate of drug-likeness (QED) is 0.840. The summed E-state index contributed by atoms with van der Waals surface area (Å²) < 4.78 is 5.83. The maximum Gasteiger partial charge on any atom is 0.243 e. The van der Waals surface area contributed by atoms with Crippen molar-refractivity contribution in [3.05, 3.63) is 60.2 Å². The summed E-state index contributed by atoms with van der Waals surface area (Å²) in [7, 11) is 0. The molecule has 0 bridgehead atoms. The minimum absolute atomic E-state index is 0.111. The average Bonchev–Trinajstić information content (AvgIpc) is 2.60. The van der Waals surface area contributed by atoms with E-state index in [1.165, 1.54) is 0 Å². The van der Waals surface area contributed by atoms with Crippen LogP contribution in [0.4, 0.5) is 0 Å². The predicted octanol–water partition coefficient (Wildman–Crippen LogP) is 3.05. The largest absolute Gasteiger partial charge is 0.457 e. The molecule has 0 spiro atoms. The van der Waals surface area contributed by atoms with Gasteiger partial charge in [0.05, 0.1) is 0 Å². The highest BCUT2D eigenvalue weighted by molar-refractivity contribution is 5.97. The zero-order chi connectivity index (χ0) is 18.5. The van der Waals surface area contributed by atoms with Crippen LogP contribution in [-0.2, 0) is 16.0 Å². The van der Waals surface area contributed by atoms with E-state index in [4.69, 9.17) is 4.74 Å². The summed E-state index contributed by atoms with van der Waals surface area (Å²) in [5.41, 5.74) is 0.932. The molecule has 0 aromatic heterocycles. The number of amides is 2. The van der Waals surface area contributed by atoms with Crippen LogP contribution in [0.3, 0.4) is 0 Å². The first-order valence-electron chi connectivity index (χ1n) is 8.94. The van der Waals surface area contributed by atoms with Gasteiger partial charge in [0.15, 0.2) is 0 Å². The van der Waals surface area contributed by atoms with Crippen molar-refractivity contribution in [1.29, 1.82) is 0 Å². The molecule has 136 valence electrons. The summed E-state index contributed by atoms with van der Waals surface area (Å²) in [6.45, 7) is 4.06. The highest BCUT2D eigenvalue weighted by Crippen LogP contribution is 2.22. The summed E-state index contributed by atoms with van der Waals surface area (Å²) in [6.07, 6.45) is 1.07. The number of carbonyl (C=O) groups is 2. The van der Waals surface area contributed by atoms with E-state index in [2.05, 4.69) is 10.6 Å². The van der Waals surface area contributed by atoms with Crippen molar-refractivity contribution in [2.45, 2.75) is 38.8 Å². The van der Waals surface area contributed by atoms with Crippen LogP contribution in [0, 0.1) is 5.92 Å². The van der Waals surface area contributed by atoms with Crippen LogP contribution < -0.4 is 15.4 Å². The first-order chi connectivity index (χ1) is 12.5. The Kier molecular flexibility index (Phi) is 5.56. The van der Waals surface area contributed by atoms with E-state index < -0.39 is 12.1 Å². The Morgan fingerprint density at radius 2 is 1.54 bits per heavy atom. The summed E-state index contributed by atoms with van der Waals surface area (Å²) in [4.78, 5) is 24.6. The fourth-order valence-corrected chi connectivity index (χ4v) is 3.05. The fraction of sp³-hybridized carbons (Fsp3) is 0.333. The molecule has 2 N–H and O–H groups in total. The molecule has 5 heteroatoms. The van der Waals surface area contributed by atoms with Gasteiger partial charge in [0, 0.05) is 6.42 Å². The van der Waals surface area contributed by atoms with Gasteiger partial charge in [-0.3, -0.25) is 9.59 Å². The second-order valence-electron chi connectivity index (χ2n) is 7.02. The van der Waals surface area contributed by atoms with Crippen molar-refractivity contribution in [1.82, 2.24) is 10.6 Å². The molecule has 2 unspecified atom stereocenters. The first kappa shape index (κ1) is 18.0. The van der Waals surface area contributed by atoms with Crippen molar-refractivity contribution < 1.29 is 14.3 Å². The molecular formula is C21H24N2O3. The van der Waals surface area contributed by atoms with Gasteiger partial charge in [-0.25, -0.2) is 0 Å². The average molecular weight is 352 g/mol. The van der Waals surface area contributed by atoms with Gasteiger partial charge in [0.1, 0.15) is 23.6 Å². The monoisotopic (exact) mass is 352 g/mol. The molecule has 0 radical (unpaired) electrons. The molecule has 26 heavy (non-hydrogen) atoms. The van der Waals surface area contributed by atoms with Gasteiger partial charge < -0.3 is 15.4 Å². The normalized spacial score (nSPS) is 19.8. The Bertz CT molecular complexity index is 774. The van der Waals surface area contributed by atoms with Crippen molar-refractivity contribution in [2.24, 2.45) is 5.92 Å². The number of nitrogens with one attached hydrogen (secondary N) is 2. The number of carbonyl (C=O) groups excluding carboxylic acids is 2. The Balaban J connectivity index is 1.65. The zero-order valence-electron chi connectivity index (χ0n) is 15.1. The third kappa shape index (κ3) is 4.63. The van der Waals surface area contributed by atoms with Gasteiger partial charge in [0.2, 0.25) is 11.8 Å². The SMILES string of the molecule is CC(C)CC1NC(=O)C(Cc2cccc(Oc3ccccc3)c2)NC1=O. The molecular weight excluding hydrogens is 328 g/mol. The van der Waals surface area contributed by atoms with Gasteiger partial charge in [-0.2, -0.15) is 0 Å². The second-order valence-corrected chi connectivity index (χ2v) is 7.02. The van der Waals surface area contributed by atoms with E-state index >= 15 is 0 Å². The molecule has 1 heterocycles. The van der Waals surface area contributed by atoms with E-state index in [-0.39, 0.29) is 11.8 Å². The Morgan fingerprint density at radius 3 is 2.27 bits per heavy atom. The van der Waals surface area contributed by atoms with E-state index in [1.807, 2.05) is 68.4 Å². The molecule has 3 rings (SSSR count). The molecule has 1 aliphatic heterocycles. The van der Waals surface area contributed by atoms with Crippen molar-refractivity contribution in [3.8, 4) is 11.5 Å². The number of benzene rings is 2. The number of ether oxygens (including phenoxy) is 1. The molecule has 0 aliphatic carbocycles. The standard InChI is InChI=1S/C21H24N2O3/c1-14(2)11-18-20(24)23-19(21(25)22-18)13-15-7-6-10-17(12-15)26-16-8-4-3-5-9-16/h3-10,12,14,18-19H,11,13H2,1-2H3,(H,22,25)(H,23,24). The Labute approximate surface area is 153 Å². The number of hydrogen-bond donors (Lipinski definition) is 2. The summed E-state index contributed by atoms with van der Waals surface area (Å²) in [6, 6.07) is 16.1. The Morgan fingerprint density at radius 1 is 0.885 bits per heavy atom. The van der Waals surface area contributed by atoms with E-state index in [0.29, 0.717) is 24.5 Å². The number of rotatable bonds is 6. The van der Waals surface area contributed by atoms with E-state index in [0.717, 1.165) is 11.3 Å². The number of para-hydroxylation sites is 1. The van der Waals surface area contributed by atoms with Crippen LogP contribution in [-0.4, -0.2) is 23.9 Å². The fourth-order valence-electron chi connectivity index (χ4n) is 3.05. The van der Waals surface area contributed by atoms with Gasteiger partial charge in [0.25, 0.3) is 0 Å². The summed E-state index contributed by atoms with van der Waals surface area (Å²) in [5.74, 6) is 1.55. The lowest BCUT2D eigenvalue weighted by molar-refractivity contribution is -0.137. The van der Waals surface area contributed by atoms with E-state index in [1.54, 1.807) is 0 Å². The molecule has 2 aromatic carbocycles. The first-order valence-corrected chi connectivity index (χ1v) is 8.94. The maximum absolute atomic E-state index is 12.4. The lowest BCUT2D eigenvalue weighted by Crippen LogP contribution is -2.62. The third-order valence-corrected chi connectivity index (χ3v) is 4.29.